The largest absolute Gasteiger partial charge is 0.443 e. The van der Waals surface area contributed by atoms with Crippen molar-refractivity contribution in [3.8, 4) is 11.3 Å². The number of benzene rings is 3. The summed E-state index contributed by atoms with van der Waals surface area (Å²) in [7, 11) is 0. The number of Topliss-reactive ketones (excluding diaryl/α,β-unsaturated/α-hetero) is 1. The number of carbonyl (C=O) groups is 4. The summed E-state index contributed by atoms with van der Waals surface area (Å²) in [6.45, 7) is 10.2. The molecular weight excluding hydrogens is 1170 g/mol. The molecule has 90 heavy (non-hydrogen) atoms. The maximum absolute atomic E-state index is 14.4. The van der Waals surface area contributed by atoms with Gasteiger partial charge in [-0.05, 0) is 148 Å². The lowest BCUT2D eigenvalue weighted by Crippen LogP contribution is -2.56. The number of rotatable bonds is 21. The van der Waals surface area contributed by atoms with E-state index in [0.29, 0.717) is 78.0 Å². The molecule has 20 heteroatoms. The summed E-state index contributed by atoms with van der Waals surface area (Å²) in [5, 5.41) is 17.8. The van der Waals surface area contributed by atoms with Crippen molar-refractivity contribution in [3.63, 3.8) is 0 Å². The average molecular weight is 1270 g/mol. The first-order chi connectivity index (χ1) is 43.9. The van der Waals surface area contributed by atoms with Crippen LogP contribution in [-0.2, 0) is 40.3 Å². The van der Waals surface area contributed by atoms with Crippen molar-refractivity contribution in [3.05, 3.63) is 137 Å². The van der Waals surface area contributed by atoms with E-state index in [2.05, 4.69) is 50.5 Å². The molecule has 0 radical (unpaired) electrons. The van der Waals surface area contributed by atoms with Gasteiger partial charge in [-0.15, -0.1) is 0 Å². The molecule has 6 aliphatic rings. The van der Waals surface area contributed by atoms with Crippen molar-refractivity contribution in [2.75, 3.05) is 58.9 Å². The molecule has 3 aromatic heterocycles. The number of oxazole rings is 1. The molecule has 6 aromatic rings. The molecule has 4 aliphatic heterocycles. The summed E-state index contributed by atoms with van der Waals surface area (Å²) >= 11 is 12.4. The van der Waals surface area contributed by atoms with Gasteiger partial charge < -0.3 is 29.8 Å². The molecule has 0 bridgehead atoms. The molecule has 2 N–H and O–H groups in total. The minimum Gasteiger partial charge on any atom is -0.443 e. The Morgan fingerprint density at radius 3 is 1.46 bits per heavy atom. The van der Waals surface area contributed by atoms with E-state index in [4.69, 9.17) is 27.6 Å². The fourth-order valence-electron chi connectivity index (χ4n) is 15.8. The zero-order valence-electron chi connectivity index (χ0n) is 52.7. The molecular formula is C70H93Cl2N13O5. The van der Waals surface area contributed by atoms with Crippen LogP contribution < -0.4 is 10.6 Å². The third-order valence-corrected chi connectivity index (χ3v) is 21.6. The molecule has 482 valence electrons. The van der Waals surface area contributed by atoms with Gasteiger partial charge in [0.05, 0.1) is 18.6 Å². The Morgan fingerprint density at radius 2 is 1.02 bits per heavy atom. The first-order valence-corrected chi connectivity index (χ1v) is 34.4. The van der Waals surface area contributed by atoms with Crippen LogP contribution in [0.2, 0.25) is 10.0 Å². The minimum absolute atomic E-state index is 0.106. The lowest BCUT2D eigenvalue weighted by molar-refractivity contribution is -0.138. The highest BCUT2D eigenvalue weighted by atomic mass is 35.5. The maximum atomic E-state index is 14.4. The van der Waals surface area contributed by atoms with Crippen molar-refractivity contribution in [2.45, 2.75) is 179 Å². The Hall–Kier alpha value is -6.31. The zero-order chi connectivity index (χ0) is 62.3. The molecule has 0 unspecified atom stereocenters. The molecule has 18 nitrogen and oxygen atoms in total. The van der Waals surface area contributed by atoms with Crippen LogP contribution in [0, 0.1) is 22.7 Å². The quantitative estimate of drug-likeness (QED) is 0.0692. The van der Waals surface area contributed by atoms with Crippen molar-refractivity contribution >= 4 is 46.7 Å². The molecule has 0 spiro atoms. The van der Waals surface area contributed by atoms with Crippen LogP contribution in [0.3, 0.4) is 0 Å². The summed E-state index contributed by atoms with van der Waals surface area (Å²) < 4.78 is 9.64. The van der Waals surface area contributed by atoms with E-state index < -0.39 is 0 Å². The van der Waals surface area contributed by atoms with Crippen LogP contribution in [0.1, 0.15) is 151 Å². The molecule has 4 saturated heterocycles. The Balaban J connectivity index is 0.000000188. The zero-order valence-corrected chi connectivity index (χ0v) is 54.2. The van der Waals surface area contributed by atoms with Crippen LogP contribution in [0.4, 0.5) is 0 Å². The van der Waals surface area contributed by atoms with Gasteiger partial charge in [-0.25, -0.2) is 15.0 Å². The summed E-state index contributed by atoms with van der Waals surface area (Å²) in [6, 6.07) is 25.0. The number of nitrogens with one attached hydrogen (secondary N) is 2. The van der Waals surface area contributed by atoms with Crippen molar-refractivity contribution < 1.29 is 23.6 Å². The Labute approximate surface area is 541 Å². The average Bonchev–Trinajstić information content (AvgIpc) is 2.03. The summed E-state index contributed by atoms with van der Waals surface area (Å²) in [6.07, 6.45) is 30.4. The number of hydrogen-bond acceptors (Lipinski definition) is 13. The van der Waals surface area contributed by atoms with Crippen LogP contribution in [0.25, 0.3) is 11.3 Å². The van der Waals surface area contributed by atoms with Crippen LogP contribution >= 0.6 is 23.2 Å². The number of amides is 3. The first-order valence-electron chi connectivity index (χ1n) is 33.7. The number of carbonyl (C=O) groups excluding carboxylic acids is 4. The molecule has 12 rings (SSSR count). The lowest BCUT2D eigenvalue weighted by Gasteiger charge is -2.48. The maximum Gasteiger partial charge on any atom is 0.276 e. The molecule has 2 atom stereocenters. The summed E-state index contributed by atoms with van der Waals surface area (Å²) in [5.74, 6) is 2.37. The number of nitrogens with zero attached hydrogens (tertiary/aromatic N) is 11. The number of likely N-dealkylation sites (tertiary alicyclic amines) is 4. The van der Waals surface area contributed by atoms with E-state index in [0.717, 1.165) is 120 Å². The van der Waals surface area contributed by atoms with Gasteiger partial charge in [0.1, 0.15) is 31.1 Å². The molecule has 2 aliphatic carbocycles. The highest BCUT2D eigenvalue weighted by molar-refractivity contribution is 6.30. The molecule has 2 saturated carbocycles. The van der Waals surface area contributed by atoms with E-state index in [-0.39, 0.29) is 52.7 Å². The van der Waals surface area contributed by atoms with E-state index in [1.54, 1.807) is 12.7 Å². The second-order valence-corrected chi connectivity index (χ2v) is 27.6. The number of piperidine rings is 4. The fourth-order valence-corrected chi connectivity index (χ4v) is 16.1. The minimum atomic E-state index is -0.369. The van der Waals surface area contributed by atoms with Crippen LogP contribution in [0.5, 0.6) is 0 Å². The predicted octanol–water partition coefficient (Wildman–Crippen LogP) is 11.0. The molecule has 3 aromatic carbocycles. The standard InChI is InChI=1S/C38H46ClN7O3.C32H47ClN6O2/c39-31-13-11-28(12-14-31)23-33(36(47)45-21-17-38(18-22-45,24-46-26-40-25-42-46)30-9-5-2-6-10-30)43-32-15-19-44(20-16-32)37(48)34-35(49-27-41-34)29-7-3-1-4-8-29;1-2-29(40)21-37-16-12-28(13-17-37)36-30(20-25-8-10-27(33)11-9-25)31(41)38-18-14-32(15-19-38,22-39-24-34-23-35-39)26-6-4-3-5-7-26/h1,3-4,7-8,11-14,25-27,30,32-33,43H,2,5-6,9-10,15-24H2;8-11,23-24,26,28,30,36H,2-7,12-22H2,1H3/t33-;30-/m11/s1. The molecule has 6 fully saturated rings. The number of ketones is 1. The van der Waals surface area contributed by atoms with Gasteiger partial charge in [0.2, 0.25) is 11.8 Å². The normalized spacial score (nSPS) is 20.5. The van der Waals surface area contributed by atoms with Gasteiger partial charge in [-0.2, -0.15) is 10.2 Å². The van der Waals surface area contributed by atoms with Gasteiger partial charge >= 0.3 is 0 Å². The third-order valence-electron chi connectivity index (χ3n) is 21.1. The molecule has 3 amide bonds. The van der Waals surface area contributed by atoms with Crippen molar-refractivity contribution in [1.82, 2.24) is 64.7 Å². The fraction of sp³-hybridized carbons (Fsp3) is 0.586. The summed E-state index contributed by atoms with van der Waals surface area (Å²) in [5.41, 5.74) is 3.66. The lowest BCUT2D eigenvalue weighted by atomic mass is 9.63. The van der Waals surface area contributed by atoms with Gasteiger partial charge in [-0.3, -0.25) is 33.4 Å². The van der Waals surface area contributed by atoms with Gasteiger partial charge in [0.25, 0.3) is 5.91 Å². The number of aromatic nitrogens is 7. The highest BCUT2D eigenvalue weighted by Gasteiger charge is 2.46. The first kappa shape index (κ1) is 65.2. The Bertz CT molecular complexity index is 3180. The Morgan fingerprint density at radius 1 is 0.567 bits per heavy atom. The van der Waals surface area contributed by atoms with E-state index >= 15 is 0 Å². The van der Waals surface area contributed by atoms with Gasteiger partial charge in [-0.1, -0.05) is 123 Å². The van der Waals surface area contributed by atoms with E-state index in [1.165, 1.54) is 70.6 Å². The third kappa shape index (κ3) is 16.8. The number of hydrogen-bond donors (Lipinski definition) is 2. The monoisotopic (exact) mass is 1270 g/mol. The van der Waals surface area contributed by atoms with Gasteiger partial charge in [0.15, 0.2) is 17.8 Å². The summed E-state index contributed by atoms with van der Waals surface area (Å²) in [4.78, 5) is 75.0. The second-order valence-electron chi connectivity index (χ2n) is 26.7. The SMILES string of the molecule is CCC(=O)CN1CCC(N[C@H](Cc2ccc(Cl)cc2)C(=O)N2CCC(Cn3cncn3)(C3CCCCC3)CC2)CC1.O=C(c1ncoc1-c1ccccc1)N1CCC(N[C@H](Cc2ccc(Cl)cc2)C(=O)N2CCC(Cn3cncn3)(C3CCCCC3)CC2)CC1. The van der Waals surface area contributed by atoms with Gasteiger partial charge in [0, 0.05) is 99.6 Å². The van der Waals surface area contributed by atoms with Crippen LogP contribution in [0.15, 0.2) is 115 Å². The van der Waals surface area contributed by atoms with E-state index in [9.17, 15) is 19.2 Å². The van der Waals surface area contributed by atoms with Crippen molar-refractivity contribution in [1.29, 1.82) is 0 Å². The van der Waals surface area contributed by atoms with Crippen molar-refractivity contribution in [2.24, 2.45) is 22.7 Å². The molecule has 7 heterocycles. The topological polar surface area (TPSA) is 193 Å². The predicted molar refractivity (Wildman–Crippen MR) is 349 cm³/mol. The second kappa shape index (κ2) is 31.3. The Kier molecular flexibility index (Phi) is 22.7. The van der Waals surface area contributed by atoms with Crippen LogP contribution in [-0.4, -0.2) is 161 Å². The highest BCUT2D eigenvalue weighted by Crippen LogP contribution is 2.49. The number of halogens is 2. The van der Waals surface area contributed by atoms with E-state index in [1.807, 2.05) is 113 Å². The smallest absolute Gasteiger partial charge is 0.276 e.